The van der Waals surface area contributed by atoms with E-state index in [-0.39, 0.29) is 18.6 Å². The minimum atomic E-state index is -0.591. The van der Waals surface area contributed by atoms with Crippen molar-refractivity contribution in [3.05, 3.63) is 94.2 Å². The standard InChI is InChI=1S/C31H32N2O5/c1-20-14-22(11-13-27(20)36-4)15-25-30(34)33(3)26(31(35)32(25)2)16-24-18-29-28(37-19-38-29)17-23(24)12-10-21-8-6-5-7-9-21/h5-9,11,13-14,16-18,25H,10,12,15,19H2,1-4H3/b26-16-. The van der Waals surface area contributed by atoms with Crippen LogP contribution in [-0.4, -0.2) is 55.7 Å². The van der Waals surface area contributed by atoms with Crippen LogP contribution >= 0.6 is 0 Å². The first kappa shape index (κ1) is 25.4. The number of likely N-dealkylation sites (N-methyl/N-ethyl adjacent to an activating group) is 2. The van der Waals surface area contributed by atoms with Gasteiger partial charge in [0.25, 0.3) is 5.91 Å². The van der Waals surface area contributed by atoms with Crippen LogP contribution < -0.4 is 14.2 Å². The predicted octanol–water partition coefficient (Wildman–Crippen LogP) is 4.40. The monoisotopic (exact) mass is 512 g/mol. The molecule has 38 heavy (non-hydrogen) atoms. The highest BCUT2D eigenvalue weighted by atomic mass is 16.7. The summed E-state index contributed by atoms with van der Waals surface area (Å²) in [5.74, 6) is 1.80. The molecule has 1 unspecified atom stereocenters. The Balaban J connectivity index is 1.43. The molecular weight excluding hydrogens is 480 g/mol. The maximum absolute atomic E-state index is 13.6. The second-order valence-corrected chi connectivity index (χ2v) is 9.76. The summed E-state index contributed by atoms with van der Waals surface area (Å²) in [4.78, 5) is 30.1. The quantitative estimate of drug-likeness (QED) is 0.439. The van der Waals surface area contributed by atoms with E-state index >= 15 is 0 Å². The first-order valence-electron chi connectivity index (χ1n) is 12.7. The molecule has 0 aromatic heterocycles. The summed E-state index contributed by atoms with van der Waals surface area (Å²) in [6, 6.07) is 19.4. The molecule has 0 spiro atoms. The number of ether oxygens (including phenoxy) is 3. The van der Waals surface area contributed by atoms with E-state index in [1.807, 2.05) is 55.5 Å². The number of nitrogens with zero attached hydrogens (tertiary/aromatic N) is 2. The van der Waals surface area contributed by atoms with Crippen LogP contribution in [0, 0.1) is 6.92 Å². The Morgan fingerprint density at radius 1 is 0.947 bits per heavy atom. The highest BCUT2D eigenvalue weighted by Gasteiger charge is 2.39. The van der Waals surface area contributed by atoms with Gasteiger partial charge in [0, 0.05) is 20.5 Å². The van der Waals surface area contributed by atoms with E-state index in [2.05, 4.69) is 12.1 Å². The lowest BCUT2D eigenvalue weighted by Crippen LogP contribution is -2.56. The van der Waals surface area contributed by atoms with Crippen molar-refractivity contribution in [3.8, 4) is 17.2 Å². The van der Waals surface area contributed by atoms with Crippen LogP contribution in [0.4, 0.5) is 0 Å². The first-order chi connectivity index (χ1) is 18.4. The molecule has 0 saturated carbocycles. The number of aryl methyl sites for hydroxylation is 3. The fraction of sp³-hybridized carbons (Fsp3) is 0.290. The highest BCUT2D eigenvalue weighted by molar-refractivity contribution is 6.07. The molecule has 0 aliphatic carbocycles. The molecule has 0 radical (unpaired) electrons. The first-order valence-corrected chi connectivity index (χ1v) is 12.7. The molecule has 0 bridgehead atoms. The molecule has 7 heteroatoms. The smallest absolute Gasteiger partial charge is 0.271 e. The second kappa shape index (κ2) is 10.6. The normalized spacial score (nSPS) is 17.9. The van der Waals surface area contributed by atoms with Crippen molar-refractivity contribution in [2.45, 2.75) is 32.2 Å². The predicted molar refractivity (Wildman–Crippen MR) is 145 cm³/mol. The number of rotatable bonds is 7. The molecular formula is C31H32N2O5. The number of fused-ring (bicyclic) bond motifs is 1. The van der Waals surface area contributed by atoms with Gasteiger partial charge < -0.3 is 24.0 Å². The van der Waals surface area contributed by atoms with Crippen molar-refractivity contribution in [3.63, 3.8) is 0 Å². The lowest BCUT2D eigenvalue weighted by atomic mass is 9.96. The molecule has 2 aliphatic rings. The van der Waals surface area contributed by atoms with Gasteiger partial charge in [-0.1, -0.05) is 42.5 Å². The van der Waals surface area contributed by atoms with Gasteiger partial charge in [0.15, 0.2) is 11.5 Å². The number of carbonyl (C=O) groups excluding carboxylic acids is 2. The van der Waals surface area contributed by atoms with Gasteiger partial charge in [-0.05, 0) is 71.9 Å². The molecule has 2 amide bonds. The third kappa shape index (κ3) is 4.96. The lowest BCUT2D eigenvalue weighted by Gasteiger charge is -2.38. The molecule has 1 saturated heterocycles. The molecule has 5 rings (SSSR count). The van der Waals surface area contributed by atoms with Crippen LogP contribution in [-0.2, 0) is 28.9 Å². The van der Waals surface area contributed by atoms with E-state index in [0.29, 0.717) is 23.6 Å². The van der Waals surface area contributed by atoms with Gasteiger partial charge >= 0.3 is 0 Å². The fourth-order valence-electron chi connectivity index (χ4n) is 5.07. The Morgan fingerprint density at radius 2 is 1.68 bits per heavy atom. The zero-order valence-electron chi connectivity index (χ0n) is 22.2. The van der Waals surface area contributed by atoms with Crippen molar-refractivity contribution in [1.29, 1.82) is 0 Å². The number of amides is 2. The van der Waals surface area contributed by atoms with Crippen LogP contribution in [0.15, 0.2) is 66.4 Å². The topological polar surface area (TPSA) is 68.3 Å². The summed E-state index contributed by atoms with van der Waals surface area (Å²) in [6.45, 7) is 2.13. The largest absolute Gasteiger partial charge is 0.496 e. The van der Waals surface area contributed by atoms with E-state index in [1.165, 1.54) is 10.5 Å². The van der Waals surface area contributed by atoms with Gasteiger partial charge in [0.05, 0.1) is 7.11 Å². The van der Waals surface area contributed by atoms with Crippen molar-refractivity contribution >= 4 is 17.9 Å². The molecule has 1 atom stereocenters. The Morgan fingerprint density at radius 3 is 2.39 bits per heavy atom. The second-order valence-electron chi connectivity index (χ2n) is 9.76. The van der Waals surface area contributed by atoms with E-state index in [9.17, 15) is 9.59 Å². The van der Waals surface area contributed by atoms with Gasteiger partial charge in [-0.3, -0.25) is 9.59 Å². The molecule has 7 nitrogen and oxygen atoms in total. The maximum atomic E-state index is 13.6. The maximum Gasteiger partial charge on any atom is 0.271 e. The van der Waals surface area contributed by atoms with Gasteiger partial charge in [-0.2, -0.15) is 0 Å². The van der Waals surface area contributed by atoms with E-state index in [1.54, 1.807) is 32.2 Å². The fourth-order valence-corrected chi connectivity index (χ4v) is 5.07. The molecule has 3 aromatic rings. The Hall–Kier alpha value is -4.26. The lowest BCUT2D eigenvalue weighted by molar-refractivity contribution is -0.148. The number of benzene rings is 3. The molecule has 1 fully saturated rings. The minimum absolute atomic E-state index is 0.126. The van der Waals surface area contributed by atoms with Crippen molar-refractivity contribution < 1.29 is 23.8 Å². The van der Waals surface area contributed by atoms with Crippen LogP contribution in [0.2, 0.25) is 0 Å². The average Bonchev–Trinajstić information content (AvgIpc) is 3.39. The molecule has 196 valence electrons. The zero-order chi connectivity index (χ0) is 26.8. The SMILES string of the molecule is COc1ccc(CC2C(=O)N(C)/C(=C\c3cc4c(cc3CCc3ccccc3)OCO4)C(=O)N2C)cc1C. The number of methoxy groups -OCH3 is 1. The van der Waals surface area contributed by atoms with Crippen molar-refractivity contribution in [1.82, 2.24) is 9.80 Å². The van der Waals surface area contributed by atoms with Crippen LogP contribution in [0.5, 0.6) is 17.2 Å². The summed E-state index contributed by atoms with van der Waals surface area (Å²) in [5, 5.41) is 0. The molecule has 3 aromatic carbocycles. The summed E-state index contributed by atoms with van der Waals surface area (Å²) < 4.78 is 16.6. The van der Waals surface area contributed by atoms with Crippen molar-refractivity contribution in [2.75, 3.05) is 28.0 Å². The summed E-state index contributed by atoms with van der Waals surface area (Å²) in [5.41, 5.74) is 5.38. The molecule has 2 aliphatic heterocycles. The van der Waals surface area contributed by atoms with Crippen molar-refractivity contribution in [2.24, 2.45) is 0 Å². The van der Waals surface area contributed by atoms with Crippen LogP contribution in [0.1, 0.15) is 27.8 Å². The van der Waals surface area contributed by atoms with Gasteiger partial charge in [0.2, 0.25) is 12.7 Å². The van der Waals surface area contributed by atoms with Gasteiger partial charge in [-0.15, -0.1) is 0 Å². The van der Waals surface area contributed by atoms with E-state index in [0.717, 1.165) is 40.8 Å². The number of carbonyl (C=O) groups is 2. The minimum Gasteiger partial charge on any atom is -0.496 e. The Kier molecular flexibility index (Phi) is 7.09. The Bertz CT molecular complexity index is 1400. The van der Waals surface area contributed by atoms with Gasteiger partial charge in [-0.25, -0.2) is 0 Å². The summed E-state index contributed by atoms with van der Waals surface area (Å²) in [7, 11) is 5.00. The average molecular weight is 513 g/mol. The Labute approximate surface area is 223 Å². The third-order valence-electron chi connectivity index (χ3n) is 7.32. The zero-order valence-corrected chi connectivity index (χ0v) is 22.2. The third-order valence-corrected chi connectivity index (χ3v) is 7.32. The highest BCUT2D eigenvalue weighted by Crippen LogP contribution is 2.37. The summed E-state index contributed by atoms with van der Waals surface area (Å²) in [6.07, 6.45) is 3.81. The number of hydrogen-bond donors (Lipinski definition) is 0. The number of piperazine rings is 1. The van der Waals surface area contributed by atoms with E-state index in [4.69, 9.17) is 14.2 Å². The van der Waals surface area contributed by atoms with Crippen LogP contribution in [0.3, 0.4) is 0 Å². The number of hydrogen-bond acceptors (Lipinski definition) is 5. The summed E-state index contributed by atoms with van der Waals surface area (Å²) >= 11 is 0. The molecule has 2 heterocycles. The van der Waals surface area contributed by atoms with E-state index < -0.39 is 6.04 Å². The van der Waals surface area contributed by atoms with Crippen LogP contribution in [0.25, 0.3) is 6.08 Å². The molecule has 0 N–H and O–H groups in total. The van der Waals surface area contributed by atoms with Gasteiger partial charge in [0.1, 0.15) is 17.5 Å².